The smallest absolute Gasteiger partial charge is 0.127 e. The molecule has 140 valence electrons. The first-order chi connectivity index (χ1) is 11.5. The number of carbonyl (C=O) groups is 1. The molecule has 0 bridgehead atoms. The van der Waals surface area contributed by atoms with Crippen LogP contribution in [0.4, 0.5) is 0 Å². The van der Waals surface area contributed by atoms with E-state index in [1.165, 1.54) is 69.8 Å². The second-order valence-electron chi connectivity index (χ2n) is 8.34. The highest BCUT2D eigenvalue weighted by Gasteiger charge is 2.32. The van der Waals surface area contributed by atoms with Crippen molar-refractivity contribution in [2.24, 2.45) is 11.3 Å². The number of rotatable bonds is 13. The van der Waals surface area contributed by atoms with Gasteiger partial charge in [-0.05, 0) is 44.4 Å². The zero-order valence-electron chi connectivity index (χ0n) is 16.4. The third kappa shape index (κ3) is 7.51. The van der Waals surface area contributed by atoms with E-state index in [-0.39, 0.29) is 11.3 Å². The van der Waals surface area contributed by atoms with Gasteiger partial charge < -0.3 is 9.90 Å². The quantitative estimate of drug-likeness (QED) is 0.246. The van der Waals surface area contributed by atoms with Crippen LogP contribution >= 0.6 is 0 Å². The topological polar surface area (TPSA) is 37.3 Å². The number of aliphatic hydroxyl groups excluding tert-OH is 1. The standard InChI is InChI=1S/C22H40O2/c1-19-20(18-24)15-16-22(2,3)21(19)14-12-10-8-6-4-5-7-9-11-13-17-23/h18,20,23H,4-17H2,1-3H3. The molecule has 0 spiro atoms. The molecule has 2 heteroatoms. The van der Waals surface area contributed by atoms with E-state index < -0.39 is 0 Å². The Morgan fingerprint density at radius 3 is 1.96 bits per heavy atom. The molecule has 1 unspecified atom stereocenters. The fourth-order valence-electron chi connectivity index (χ4n) is 4.17. The lowest BCUT2D eigenvalue weighted by atomic mass is 9.68. The molecule has 2 nitrogen and oxygen atoms in total. The minimum Gasteiger partial charge on any atom is -0.396 e. The van der Waals surface area contributed by atoms with Gasteiger partial charge >= 0.3 is 0 Å². The van der Waals surface area contributed by atoms with Crippen LogP contribution in [0.15, 0.2) is 11.1 Å². The first kappa shape index (κ1) is 21.4. The summed E-state index contributed by atoms with van der Waals surface area (Å²) in [7, 11) is 0. The summed E-state index contributed by atoms with van der Waals surface area (Å²) in [6, 6.07) is 0. The van der Waals surface area contributed by atoms with E-state index in [0.29, 0.717) is 6.61 Å². The van der Waals surface area contributed by atoms with Crippen LogP contribution in [0.3, 0.4) is 0 Å². The van der Waals surface area contributed by atoms with Crippen molar-refractivity contribution in [1.29, 1.82) is 0 Å². The molecule has 1 rings (SSSR count). The number of aliphatic hydroxyl groups is 1. The van der Waals surface area contributed by atoms with Gasteiger partial charge in [0.25, 0.3) is 0 Å². The normalized spacial score (nSPS) is 20.4. The molecule has 0 heterocycles. The zero-order valence-corrected chi connectivity index (χ0v) is 16.4. The van der Waals surface area contributed by atoms with Crippen molar-refractivity contribution in [1.82, 2.24) is 0 Å². The van der Waals surface area contributed by atoms with Crippen LogP contribution < -0.4 is 0 Å². The summed E-state index contributed by atoms with van der Waals surface area (Å²) < 4.78 is 0. The highest BCUT2D eigenvalue weighted by Crippen LogP contribution is 2.44. The fourth-order valence-corrected chi connectivity index (χ4v) is 4.17. The number of hydrogen-bond donors (Lipinski definition) is 1. The molecular weight excluding hydrogens is 296 g/mol. The molecule has 24 heavy (non-hydrogen) atoms. The Hall–Kier alpha value is -0.630. The van der Waals surface area contributed by atoms with Crippen molar-refractivity contribution in [2.45, 2.75) is 104 Å². The van der Waals surface area contributed by atoms with Crippen LogP contribution in [0.25, 0.3) is 0 Å². The molecule has 0 aromatic carbocycles. The van der Waals surface area contributed by atoms with Crippen LogP contribution in [0.2, 0.25) is 0 Å². The second kappa shape index (κ2) is 11.8. The Kier molecular flexibility index (Phi) is 10.6. The molecule has 1 aliphatic rings. The number of hydrogen-bond acceptors (Lipinski definition) is 2. The van der Waals surface area contributed by atoms with Crippen LogP contribution in [0.5, 0.6) is 0 Å². The third-order valence-corrected chi connectivity index (χ3v) is 5.93. The average Bonchev–Trinajstić information content (AvgIpc) is 2.55. The average molecular weight is 337 g/mol. The summed E-state index contributed by atoms with van der Waals surface area (Å²) >= 11 is 0. The SMILES string of the molecule is CC1=C(CCCCCCCCCCCCO)C(C)(C)CCC1C=O. The van der Waals surface area contributed by atoms with Crippen LogP contribution in [-0.4, -0.2) is 18.0 Å². The summed E-state index contributed by atoms with van der Waals surface area (Å²) in [5.41, 5.74) is 3.22. The molecule has 0 fully saturated rings. The minimum absolute atomic E-state index is 0.179. The Balaban J connectivity index is 2.14. The van der Waals surface area contributed by atoms with E-state index in [9.17, 15) is 4.79 Å². The predicted octanol–water partition coefficient (Wildman–Crippen LogP) is 6.22. The van der Waals surface area contributed by atoms with Crippen LogP contribution in [-0.2, 0) is 4.79 Å². The van der Waals surface area contributed by atoms with Crippen molar-refractivity contribution in [3.8, 4) is 0 Å². The zero-order chi connectivity index (χ0) is 17.8. The van der Waals surface area contributed by atoms with Crippen molar-refractivity contribution in [3.63, 3.8) is 0 Å². The first-order valence-electron chi connectivity index (χ1n) is 10.3. The molecule has 1 N–H and O–H groups in total. The van der Waals surface area contributed by atoms with Crippen molar-refractivity contribution in [3.05, 3.63) is 11.1 Å². The lowest BCUT2D eigenvalue weighted by Gasteiger charge is -2.37. The molecule has 1 atom stereocenters. The van der Waals surface area contributed by atoms with Gasteiger partial charge in [0.15, 0.2) is 0 Å². The highest BCUT2D eigenvalue weighted by molar-refractivity contribution is 5.60. The summed E-state index contributed by atoms with van der Waals surface area (Å²) in [5.74, 6) is 0.179. The number of allylic oxidation sites excluding steroid dienone is 2. The maximum Gasteiger partial charge on any atom is 0.127 e. The van der Waals surface area contributed by atoms with Gasteiger partial charge in [-0.15, -0.1) is 0 Å². The molecule has 0 saturated carbocycles. The second-order valence-corrected chi connectivity index (χ2v) is 8.34. The van der Waals surface area contributed by atoms with Gasteiger partial charge in [-0.25, -0.2) is 0 Å². The van der Waals surface area contributed by atoms with Gasteiger partial charge in [0, 0.05) is 12.5 Å². The van der Waals surface area contributed by atoms with E-state index in [0.717, 1.165) is 25.5 Å². The molecule has 1 aliphatic carbocycles. The van der Waals surface area contributed by atoms with Gasteiger partial charge in [-0.3, -0.25) is 0 Å². The van der Waals surface area contributed by atoms with Crippen LogP contribution in [0, 0.1) is 11.3 Å². The van der Waals surface area contributed by atoms with Gasteiger partial charge in [-0.1, -0.05) is 76.4 Å². The van der Waals surface area contributed by atoms with Crippen molar-refractivity contribution >= 4 is 6.29 Å². The van der Waals surface area contributed by atoms with Gasteiger partial charge in [0.2, 0.25) is 0 Å². The predicted molar refractivity (Wildman–Crippen MR) is 103 cm³/mol. The minimum atomic E-state index is 0.179. The molecule has 0 aromatic heterocycles. The Labute approximate surface area is 150 Å². The van der Waals surface area contributed by atoms with E-state index >= 15 is 0 Å². The highest BCUT2D eigenvalue weighted by atomic mass is 16.2. The maximum atomic E-state index is 11.2. The monoisotopic (exact) mass is 336 g/mol. The van der Waals surface area contributed by atoms with Gasteiger partial charge in [0.05, 0.1) is 0 Å². The van der Waals surface area contributed by atoms with E-state index in [1.54, 1.807) is 5.57 Å². The van der Waals surface area contributed by atoms with E-state index in [2.05, 4.69) is 20.8 Å². The molecule has 0 radical (unpaired) electrons. The molecule has 0 aliphatic heterocycles. The molecular formula is C22H40O2. The number of carbonyl (C=O) groups excluding carboxylic acids is 1. The Morgan fingerprint density at radius 2 is 1.46 bits per heavy atom. The summed E-state index contributed by atoms with van der Waals surface area (Å²) in [6.07, 6.45) is 17.3. The summed E-state index contributed by atoms with van der Waals surface area (Å²) in [6.45, 7) is 7.24. The largest absolute Gasteiger partial charge is 0.396 e. The van der Waals surface area contributed by atoms with E-state index in [1.807, 2.05) is 0 Å². The maximum absolute atomic E-state index is 11.2. The first-order valence-corrected chi connectivity index (χ1v) is 10.3. The Morgan fingerprint density at radius 1 is 0.958 bits per heavy atom. The number of unbranched alkanes of at least 4 members (excludes halogenated alkanes) is 9. The number of aldehydes is 1. The lowest BCUT2D eigenvalue weighted by molar-refractivity contribution is -0.110. The van der Waals surface area contributed by atoms with Gasteiger partial charge in [0.1, 0.15) is 6.29 Å². The third-order valence-electron chi connectivity index (χ3n) is 5.93. The molecule has 0 aromatic rings. The van der Waals surface area contributed by atoms with Crippen molar-refractivity contribution < 1.29 is 9.90 Å². The fraction of sp³-hybridized carbons (Fsp3) is 0.864. The van der Waals surface area contributed by atoms with E-state index in [4.69, 9.17) is 5.11 Å². The van der Waals surface area contributed by atoms with Crippen molar-refractivity contribution in [2.75, 3.05) is 6.61 Å². The lowest BCUT2D eigenvalue weighted by Crippen LogP contribution is -2.26. The Bertz CT molecular complexity index is 381. The van der Waals surface area contributed by atoms with Crippen LogP contribution in [0.1, 0.15) is 104 Å². The summed E-state index contributed by atoms with van der Waals surface area (Å²) in [5, 5.41) is 8.74. The molecule has 0 saturated heterocycles. The summed E-state index contributed by atoms with van der Waals surface area (Å²) in [4.78, 5) is 11.2. The molecule has 0 amide bonds. The van der Waals surface area contributed by atoms with Gasteiger partial charge in [-0.2, -0.15) is 0 Å².